The van der Waals surface area contributed by atoms with E-state index in [4.69, 9.17) is 5.11 Å². The number of hydrogen-bond acceptors (Lipinski definition) is 2. The lowest BCUT2D eigenvalue weighted by Crippen LogP contribution is -2.21. The summed E-state index contributed by atoms with van der Waals surface area (Å²) < 4.78 is 0. The molecule has 0 aromatic heterocycles. The van der Waals surface area contributed by atoms with E-state index in [0.717, 1.165) is 12.8 Å². The fraction of sp³-hybridized carbons (Fsp3) is 0.500. The van der Waals surface area contributed by atoms with Crippen LogP contribution in [-0.2, 0) is 11.2 Å². The molecule has 2 atom stereocenters. The number of aliphatic hydroxyl groups excluding tert-OH is 1. The van der Waals surface area contributed by atoms with Crippen LogP contribution in [0.2, 0.25) is 0 Å². The number of benzene rings is 1. The Bertz CT molecular complexity index is 356. The van der Waals surface area contributed by atoms with E-state index in [1.54, 1.807) is 0 Å². The van der Waals surface area contributed by atoms with Crippen molar-refractivity contribution >= 4 is 5.97 Å². The topological polar surface area (TPSA) is 57.5 Å². The molecule has 3 heteroatoms. The number of hydrogen-bond donors (Lipinski definition) is 2. The van der Waals surface area contributed by atoms with Crippen LogP contribution in [-0.4, -0.2) is 16.2 Å². The van der Waals surface area contributed by atoms with Gasteiger partial charge in [0.2, 0.25) is 0 Å². The Morgan fingerprint density at radius 1 is 1.24 bits per heavy atom. The summed E-state index contributed by atoms with van der Waals surface area (Å²) in [6, 6.07) is 7.50. The molecule has 0 aliphatic carbocycles. The molecule has 3 nitrogen and oxygen atoms in total. The Hall–Kier alpha value is -1.35. The first-order chi connectivity index (χ1) is 8.10. The molecular weight excluding hydrogens is 216 g/mol. The summed E-state index contributed by atoms with van der Waals surface area (Å²) in [6.45, 7) is 3.98. The van der Waals surface area contributed by atoms with Crippen LogP contribution in [0.1, 0.15) is 43.9 Å². The van der Waals surface area contributed by atoms with Crippen molar-refractivity contribution in [2.75, 3.05) is 0 Å². The second kappa shape index (κ2) is 6.40. The molecule has 0 saturated heterocycles. The van der Waals surface area contributed by atoms with Crippen molar-refractivity contribution in [2.24, 2.45) is 5.92 Å². The fourth-order valence-electron chi connectivity index (χ4n) is 1.91. The summed E-state index contributed by atoms with van der Waals surface area (Å²) in [5.74, 6) is -1.65. The van der Waals surface area contributed by atoms with E-state index >= 15 is 0 Å². The molecular formula is C14H20O3. The Kier molecular flexibility index (Phi) is 5.16. The van der Waals surface area contributed by atoms with Gasteiger partial charge in [0.15, 0.2) is 0 Å². The van der Waals surface area contributed by atoms with Crippen molar-refractivity contribution < 1.29 is 15.0 Å². The zero-order valence-electron chi connectivity index (χ0n) is 10.4. The molecule has 2 unspecified atom stereocenters. The van der Waals surface area contributed by atoms with Gasteiger partial charge in [0.05, 0.1) is 12.0 Å². The SMILES string of the molecule is CCCC(C(=O)O)C(O)c1ccc(CC)cc1. The molecule has 1 aromatic carbocycles. The third-order valence-corrected chi connectivity index (χ3v) is 3.03. The highest BCUT2D eigenvalue weighted by Crippen LogP contribution is 2.26. The highest BCUT2D eigenvalue weighted by Gasteiger charge is 2.26. The van der Waals surface area contributed by atoms with Crippen molar-refractivity contribution in [3.63, 3.8) is 0 Å². The van der Waals surface area contributed by atoms with Crippen molar-refractivity contribution in [3.05, 3.63) is 35.4 Å². The molecule has 17 heavy (non-hydrogen) atoms. The van der Waals surface area contributed by atoms with Crippen molar-refractivity contribution in [1.29, 1.82) is 0 Å². The predicted octanol–water partition coefficient (Wildman–Crippen LogP) is 2.78. The number of carboxylic acids is 1. The van der Waals surface area contributed by atoms with Gasteiger partial charge in [0.1, 0.15) is 0 Å². The number of aryl methyl sites for hydroxylation is 1. The number of rotatable bonds is 6. The van der Waals surface area contributed by atoms with Gasteiger partial charge in [0, 0.05) is 0 Å². The number of carbonyl (C=O) groups is 1. The van der Waals surface area contributed by atoms with Crippen LogP contribution in [0.4, 0.5) is 0 Å². The third kappa shape index (κ3) is 3.56. The maximum absolute atomic E-state index is 11.1. The molecule has 94 valence electrons. The van der Waals surface area contributed by atoms with Gasteiger partial charge in [-0.1, -0.05) is 44.5 Å². The van der Waals surface area contributed by atoms with Gasteiger partial charge < -0.3 is 10.2 Å². The summed E-state index contributed by atoms with van der Waals surface area (Å²) >= 11 is 0. The second-order valence-electron chi connectivity index (χ2n) is 4.27. The highest BCUT2D eigenvalue weighted by molar-refractivity contribution is 5.71. The van der Waals surface area contributed by atoms with Gasteiger partial charge in [-0.05, 0) is 24.0 Å². The molecule has 1 aromatic rings. The third-order valence-electron chi connectivity index (χ3n) is 3.03. The largest absolute Gasteiger partial charge is 0.481 e. The quantitative estimate of drug-likeness (QED) is 0.798. The summed E-state index contributed by atoms with van der Waals surface area (Å²) in [5, 5.41) is 19.1. The van der Waals surface area contributed by atoms with E-state index in [2.05, 4.69) is 6.92 Å². The minimum absolute atomic E-state index is 0.492. The molecule has 1 rings (SSSR count). The first-order valence-electron chi connectivity index (χ1n) is 6.09. The molecule has 0 radical (unpaired) electrons. The molecule has 0 saturated carbocycles. The smallest absolute Gasteiger partial charge is 0.309 e. The van der Waals surface area contributed by atoms with Crippen LogP contribution in [0.15, 0.2) is 24.3 Å². The predicted molar refractivity (Wildman–Crippen MR) is 66.8 cm³/mol. The van der Waals surface area contributed by atoms with Gasteiger partial charge in [0.25, 0.3) is 0 Å². The minimum Gasteiger partial charge on any atom is -0.481 e. The number of aliphatic hydroxyl groups is 1. The van der Waals surface area contributed by atoms with Gasteiger partial charge in [-0.25, -0.2) is 0 Å². The van der Waals surface area contributed by atoms with E-state index < -0.39 is 18.0 Å². The second-order valence-corrected chi connectivity index (χ2v) is 4.27. The molecule has 0 amide bonds. The summed E-state index contributed by atoms with van der Waals surface area (Å²) in [5.41, 5.74) is 1.87. The molecule has 0 heterocycles. The Labute approximate surface area is 102 Å². The van der Waals surface area contributed by atoms with Crippen molar-refractivity contribution in [2.45, 2.75) is 39.2 Å². The average molecular weight is 236 g/mol. The molecule has 0 spiro atoms. The van der Waals surface area contributed by atoms with Gasteiger partial charge in [-0.15, -0.1) is 0 Å². The lowest BCUT2D eigenvalue weighted by Gasteiger charge is -2.19. The normalized spacial score (nSPS) is 14.3. The lowest BCUT2D eigenvalue weighted by molar-refractivity contribution is -0.146. The summed E-state index contributed by atoms with van der Waals surface area (Å²) in [6.07, 6.45) is 1.26. The first-order valence-corrected chi connectivity index (χ1v) is 6.09. The summed E-state index contributed by atoms with van der Waals surface area (Å²) in [4.78, 5) is 11.1. The van der Waals surface area contributed by atoms with Crippen molar-refractivity contribution in [1.82, 2.24) is 0 Å². The first kappa shape index (κ1) is 13.7. The Balaban J connectivity index is 2.84. The number of aliphatic carboxylic acids is 1. The Morgan fingerprint density at radius 2 is 1.82 bits per heavy atom. The minimum atomic E-state index is -0.932. The average Bonchev–Trinajstić information content (AvgIpc) is 2.35. The van der Waals surface area contributed by atoms with Crippen molar-refractivity contribution in [3.8, 4) is 0 Å². The van der Waals surface area contributed by atoms with E-state index in [1.165, 1.54) is 5.56 Å². The standard InChI is InChI=1S/C14H20O3/c1-3-5-12(14(16)17)13(15)11-8-6-10(4-2)7-9-11/h6-9,12-13,15H,3-5H2,1-2H3,(H,16,17). The van der Waals surface area contributed by atoms with Gasteiger partial charge >= 0.3 is 5.97 Å². The van der Waals surface area contributed by atoms with E-state index in [-0.39, 0.29) is 0 Å². The van der Waals surface area contributed by atoms with Gasteiger partial charge in [-0.3, -0.25) is 4.79 Å². The monoisotopic (exact) mass is 236 g/mol. The number of carboxylic acid groups (broad SMARTS) is 1. The molecule has 0 fully saturated rings. The van der Waals surface area contributed by atoms with Crippen LogP contribution in [0.3, 0.4) is 0 Å². The van der Waals surface area contributed by atoms with Gasteiger partial charge in [-0.2, -0.15) is 0 Å². The maximum Gasteiger partial charge on any atom is 0.309 e. The molecule has 0 aliphatic rings. The van der Waals surface area contributed by atoms with Crippen LogP contribution in [0.25, 0.3) is 0 Å². The van der Waals surface area contributed by atoms with Crippen LogP contribution < -0.4 is 0 Å². The van der Waals surface area contributed by atoms with E-state index in [0.29, 0.717) is 12.0 Å². The molecule has 0 bridgehead atoms. The summed E-state index contributed by atoms with van der Waals surface area (Å²) in [7, 11) is 0. The zero-order valence-corrected chi connectivity index (χ0v) is 10.4. The maximum atomic E-state index is 11.1. The molecule has 0 aliphatic heterocycles. The highest BCUT2D eigenvalue weighted by atomic mass is 16.4. The zero-order chi connectivity index (χ0) is 12.8. The van der Waals surface area contributed by atoms with E-state index in [9.17, 15) is 9.90 Å². The van der Waals surface area contributed by atoms with Crippen LogP contribution in [0, 0.1) is 5.92 Å². The van der Waals surface area contributed by atoms with E-state index in [1.807, 2.05) is 31.2 Å². The van der Waals surface area contributed by atoms with Crippen LogP contribution in [0.5, 0.6) is 0 Å². The lowest BCUT2D eigenvalue weighted by atomic mass is 9.91. The Morgan fingerprint density at radius 3 is 2.24 bits per heavy atom. The fourth-order valence-corrected chi connectivity index (χ4v) is 1.91. The van der Waals surface area contributed by atoms with Crippen LogP contribution >= 0.6 is 0 Å². The molecule has 2 N–H and O–H groups in total.